The number of carboxylic acid groups (broad SMARTS) is 1. The Hall–Kier alpha value is -2.57. The number of urea groups is 1. The van der Waals surface area contributed by atoms with Gasteiger partial charge in [-0.2, -0.15) is 0 Å². The first-order valence-electron chi connectivity index (χ1n) is 6.39. The highest BCUT2D eigenvalue weighted by Gasteiger charge is 2.48. The molecule has 1 aliphatic heterocycles. The summed E-state index contributed by atoms with van der Waals surface area (Å²) in [6.07, 6.45) is -0.284. The number of hydrogen-bond acceptors (Lipinski definition) is 4. The number of hydrogen-bond donors (Lipinski definition) is 2. The quantitative estimate of drug-likeness (QED) is 0.787. The van der Waals surface area contributed by atoms with Gasteiger partial charge in [-0.25, -0.2) is 4.79 Å². The van der Waals surface area contributed by atoms with Crippen LogP contribution >= 0.6 is 0 Å². The van der Waals surface area contributed by atoms with E-state index in [1.807, 2.05) is 0 Å². The fourth-order valence-corrected chi connectivity index (χ4v) is 2.24. The number of rotatable bonds is 5. The van der Waals surface area contributed by atoms with Crippen LogP contribution in [0.1, 0.15) is 18.9 Å². The molecule has 0 aliphatic carbocycles. The van der Waals surface area contributed by atoms with Crippen LogP contribution in [-0.4, -0.2) is 41.6 Å². The van der Waals surface area contributed by atoms with Crippen LogP contribution in [0.3, 0.4) is 0 Å². The summed E-state index contributed by atoms with van der Waals surface area (Å²) >= 11 is 0. The second-order valence-electron chi connectivity index (χ2n) is 4.89. The van der Waals surface area contributed by atoms with Crippen LogP contribution in [0.4, 0.5) is 4.79 Å². The highest BCUT2D eigenvalue weighted by atomic mass is 16.5. The monoisotopic (exact) mass is 292 g/mol. The van der Waals surface area contributed by atoms with Crippen LogP contribution in [0.15, 0.2) is 24.3 Å². The van der Waals surface area contributed by atoms with Gasteiger partial charge < -0.3 is 15.2 Å². The van der Waals surface area contributed by atoms with Crippen LogP contribution in [0, 0.1) is 0 Å². The molecule has 1 fully saturated rings. The Kier molecular flexibility index (Phi) is 3.84. The van der Waals surface area contributed by atoms with Crippen molar-refractivity contribution in [3.05, 3.63) is 29.8 Å². The van der Waals surface area contributed by atoms with E-state index < -0.39 is 23.4 Å². The van der Waals surface area contributed by atoms with Gasteiger partial charge in [-0.15, -0.1) is 0 Å². The molecule has 1 aromatic carbocycles. The third-order valence-corrected chi connectivity index (χ3v) is 3.47. The molecule has 1 aromatic rings. The number of aliphatic carboxylic acids is 1. The summed E-state index contributed by atoms with van der Waals surface area (Å²) in [5.41, 5.74) is -0.637. The molecule has 0 spiro atoms. The van der Waals surface area contributed by atoms with E-state index in [1.54, 1.807) is 31.2 Å². The maximum absolute atomic E-state index is 12.5. The van der Waals surface area contributed by atoms with Gasteiger partial charge in [0.15, 0.2) is 0 Å². The minimum Gasteiger partial charge on any atom is -0.497 e. The van der Waals surface area contributed by atoms with Gasteiger partial charge >= 0.3 is 12.0 Å². The predicted octanol–water partition coefficient (Wildman–Crippen LogP) is 0.937. The lowest BCUT2D eigenvalue weighted by Gasteiger charge is -2.22. The topological polar surface area (TPSA) is 95.9 Å². The Morgan fingerprint density at radius 3 is 2.76 bits per heavy atom. The van der Waals surface area contributed by atoms with Crippen molar-refractivity contribution in [3.8, 4) is 5.75 Å². The maximum Gasteiger partial charge on any atom is 0.325 e. The molecule has 1 unspecified atom stereocenters. The number of nitrogens with zero attached hydrogens (tertiary/aromatic N) is 1. The largest absolute Gasteiger partial charge is 0.497 e. The summed E-state index contributed by atoms with van der Waals surface area (Å²) < 4.78 is 5.11. The van der Waals surface area contributed by atoms with Crippen molar-refractivity contribution in [2.45, 2.75) is 18.9 Å². The molecule has 1 saturated heterocycles. The van der Waals surface area contributed by atoms with Crippen molar-refractivity contribution in [1.82, 2.24) is 10.2 Å². The van der Waals surface area contributed by atoms with Gasteiger partial charge in [0.1, 0.15) is 11.3 Å². The Balaban J connectivity index is 2.28. The lowest BCUT2D eigenvalue weighted by Crippen LogP contribution is -2.41. The van der Waals surface area contributed by atoms with Crippen molar-refractivity contribution in [2.24, 2.45) is 0 Å². The lowest BCUT2D eigenvalue weighted by molar-refractivity contribution is -0.138. The van der Waals surface area contributed by atoms with E-state index in [2.05, 4.69) is 5.32 Å². The molecule has 0 radical (unpaired) electrons. The van der Waals surface area contributed by atoms with Gasteiger partial charge in [0.25, 0.3) is 5.91 Å². The number of methoxy groups -OCH3 is 1. The van der Waals surface area contributed by atoms with Gasteiger partial charge in [0, 0.05) is 6.54 Å². The van der Waals surface area contributed by atoms with Crippen molar-refractivity contribution in [2.75, 3.05) is 13.7 Å². The number of amides is 3. The third-order valence-electron chi connectivity index (χ3n) is 3.47. The van der Waals surface area contributed by atoms with E-state index in [4.69, 9.17) is 9.84 Å². The summed E-state index contributed by atoms with van der Waals surface area (Å²) in [4.78, 5) is 35.9. The molecule has 1 aliphatic rings. The molecule has 21 heavy (non-hydrogen) atoms. The standard InChI is InChI=1S/C14H16N2O5/c1-14(9-4-3-5-10(8-9)21-2)12(19)16(13(20)15-14)7-6-11(17)18/h3-5,8H,6-7H2,1-2H3,(H,15,20)(H,17,18). The second-order valence-corrected chi connectivity index (χ2v) is 4.89. The first-order valence-corrected chi connectivity index (χ1v) is 6.39. The van der Waals surface area contributed by atoms with E-state index in [1.165, 1.54) is 7.11 Å². The van der Waals surface area contributed by atoms with Crippen LogP contribution in [0.25, 0.3) is 0 Å². The Morgan fingerprint density at radius 2 is 2.14 bits per heavy atom. The van der Waals surface area contributed by atoms with Gasteiger partial charge in [-0.3, -0.25) is 14.5 Å². The van der Waals surface area contributed by atoms with E-state index in [9.17, 15) is 14.4 Å². The van der Waals surface area contributed by atoms with Gasteiger partial charge in [0.2, 0.25) is 0 Å². The van der Waals surface area contributed by atoms with E-state index in [-0.39, 0.29) is 13.0 Å². The summed E-state index contributed by atoms with van der Waals surface area (Å²) in [7, 11) is 1.51. The lowest BCUT2D eigenvalue weighted by atomic mass is 9.92. The van der Waals surface area contributed by atoms with E-state index in [0.717, 1.165) is 4.90 Å². The SMILES string of the molecule is COc1cccc(C2(C)NC(=O)N(CCC(=O)O)C2=O)c1. The number of carbonyl (C=O) groups is 3. The average molecular weight is 292 g/mol. The molecule has 7 heteroatoms. The smallest absolute Gasteiger partial charge is 0.325 e. The maximum atomic E-state index is 12.5. The van der Waals surface area contributed by atoms with Gasteiger partial charge in [-0.05, 0) is 24.6 Å². The van der Waals surface area contributed by atoms with Crippen molar-refractivity contribution in [1.29, 1.82) is 0 Å². The van der Waals surface area contributed by atoms with Crippen molar-refractivity contribution in [3.63, 3.8) is 0 Å². The summed E-state index contributed by atoms with van der Waals surface area (Å²) in [6.45, 7) is 1.43. The number of ether oxygens (including phenoxy) is 1. The first kappa shape index (κ1) is 14.8. The highest BCUT2D eigenvalue weighted by molar-refractivity contribution is 6.07. The minimum absolute atomic E-state index is 0.153. The minimum atomic E-state index is -1.22. The van der Waals surface area contributed by atoms with Gasteiger partial charge in [-0.1, -0.05) is 12.1 Å². The fraction of sp³-hybridized carbons (Fsp3) is 0.357. The molecule has 3 amide bonds. The van der Waals surface area contributed by atoms with E-state index >= 15 is 0 Å². The van der Waals surface area contributed by atoms with Crippen LogP contribution < -0.4 is 10.1 Å². The van der Waals surface area contributed by atoms with E-state index in [0.29, 0.717) is 11.3 Å². The Bertz CT molecular complexity index is 601. The summed E-state index contributed by atoms with van der Waals surface area (Å²) in [5.74, 6) is -0.965. The average Bonchev–Trinajstić information content (AvgIpc) is 2.68. The third kappa shape index (κ3) is 2.67. The zero-order valence-corrected chi connectivity index (χ0v) is 11.8. The number of imide groups is 1. The summed E-state index contributed by atoms with van der Waals surface area (Å²) in [6, 6.07) is 6.24. The zero-order chi connectivity index (χ0) is 15.6. The van der Waals surface area contributed by atoms with Crippen LogP contribution in [0.5, 0.6) is 5.75 Å². The van der Waals surface area contributed by atoms with Crippen molar-refractivity contribution >= 4 is 17.9 Å². The van der Waals surface area contributed by atoms with Gasteiger partial charge in [0.05, 0.1) is 13.5 Å². The van der Waals surface area contributed by atoms with Crippen molar-refractivity contribution < 1.29 is 24.2 Å². The molecule has 2 N–H and O–H groups in total. The second kappa shape index (κ2) is 5.43. The fourth-order valence-electron chi connectivity index (χ4n) is 2.24. The molecule has 7 nitrogen and oxygen atoms in total. The summed E-state index contributed by atoms with van der Waals surface area (Å²) in [5, 5.41) is 11.3. The molecule has 0 aromatic heterocycles. The normalized spacial score (nSPS) is 21.3. The molecule has 1 atom stereocenters. The number of carbonyl (C=O) groups excluding carboxylic acids is 2. The Morgan fingerprint density at radius 1 is 1.43 bits per heavy atom. The molecule has 0 bridgehead atoms. The zero-order valence-electron chi connectivity index (χ0n) is 11.8. The predicted molar refractivity (Wildman–Crippen MR) is 72.8 cm³/mol. The molecule has 1 heterocycles. The number of carboxylic acids is 1. The molecular weight excluding hydrogens is 276 g/mol. The molecule has 2 rings (SSSR count). The Labute approximate surface area is 121 Å². The molecule has 0 saturated carbocycles. The number of nitrogens with one attached hydrogen (secondary N) is 1. The number of benzene rings is 1. The molecule has 112 valence electrons. The highest BCUT2D eigenvalue weighted by Crippen LogP contribution is 2.30. The van der Waals surface area contributed by atoms with Crippen LogP contribution in [0.2, 0.25) is 0 Å². The van der Waals surface area contributed by atoms with Crippen LogP contribution in [-0.2, 0) is 15.1 Å². The molecular formula is C14H16N2O5. The first-order chi connectivity index (χ1) is 9.88.